The standard InChI is InChI=1S/C26H34N4O6S/c1-6-8-35-25(33)22-23(15(3)21-20(16(4)31)24(32)30(21)22)37-19-11-17(10-18-12-27-14-28(18)5)29(13-19)26(34)36-9-7-2/h6-7,12,14-17,19-21,31H,1-2,8-11,13H2,3-5H3/t15-,16-,17-,19+,20-,21-/m1/s1. The second kappa shape index (κ2) is 11.1. The summed E-state index contributed by atoms with van der Waals surface area (Å²) in [4.78, 5) is 47.0. The van der Waals surface area contributed by atoms with Gasteiger partial charge in [0.15, 0.2) is 0 Å². The Morgan fingerprint density at radius 3 is 2.62 bits per heavy atom. The first-order valence-corrected chi connectivity index (χ1v) is 13.3. The Balaban J connectivity index is 1.59. The van der Waals surface area contributed by atoms with Crippen molar-refractivity contribution in [1.82, 2.24) is 19.4 Å². The third-order valence-corrected chi connectivity index (χ3v) is 8.72. The number of imidazole rings is 1. The SMILES string of the molecule is C=CCOC(=O)C1=C(S[C@H]2C[C@@H](Cc3cncn3C)N(C(=O)OCC=C)C2)[C@H](C)[C@@H]2[C@@H]([C@@H](C)O)C(=O)N12. The first-order valence-electron chi connectivity index (χ1n) is 12.4. The second-order valence-corrected chi connectivity index (χ2v) is 11.0. The average molecular weight is 531 g/mol. The summed E-state index contributed by atoms with van der Waals surface area (Å²) in [5, 5.41) is 10.2. The number of aliphatic hydroxyl groups is 1. The number of thioether (sulfide) groups is 1. The number of carbonyl (C=O) groups excluding carboxylic acids is 3. The maximum absolute atomic E-state index is 13.0. The smallest absolute Gasteiger partial charge is 0.410 e. The molecule has 11 heteroatoms. The van der Waals surface area contributed by atoms with Crippen LogP contribution in [0.3, 0.4) is 0 Å². The molecule has 0 spiro atoms. The molecule has 4 rings (SSSR count). The van der Waals surface area contributed by atoms with Crippen molar-refractivity contribution in [1.29, 1.82) is 0 Å². The molecule has 0 aromatic carbocycles. The molecule has 2 saturated heterocycles. The molecule has 1 aromatic heterocycles. The Labute approximate surface area is 221 Å². The summed E-state index contributed by atoms with van der Waals surface area (Å²) >= 11 is 1.51. The molecule has 2 amide bonds. The highest BCUT2D eigenvalue weighted by molar-refractivity contribution is 8.03. The molecule has 200 valence electrons. The van der Waals surface area contributed by atoms with Gasteiger partial charge in [-0.1, -0.05) is 32.2 Å². The predicted octanol–water partition coefficient (Wildman–Crippen LogP) is 2.26. The van der Waals surface area contributed by atoms with Gasteiger partial charge in [-0.25, -0.2) is 14.6 Å². The van der Waals surface area contributed by atoms with Crippen molar-refractivity contribution in [3.8, 4) is 0 Å². The van der Waals surface area contributed by atoms with Gasteiger partial charge in [-0.15, -0.1) is 11.8 Å². The van der Waals surface area contributed by atoms with Crippen molar-refractivity contribution in [3.63, 3.8) is 0 Å². The van der Waals surface area contributed by atoms with Crippen molar-refractivity contribution in [3.05, 3.63) is 54.1 Å². The summed E-state index contributed by atoms with van der Waals surface area (Å²) in [5.74, 6) is -1.59. The van der Waals surface area contributed by atoms with Gasteiger partial charge < -0.3 is 28.9 Å². The lowest BCUT2D eigenvalue weighted by Crippen LogP contribution is -2.63. The number of ether oxygens (including phenoxy) is 2. The molecule has 37 heavy (non-hydrogen) atoms. The molecule has 3 aliphatic heterocycles. The van der Waals surface area contributed by atoms with E-state index < -0.39 is 24.1 Å². The molecule has 0 radical (unpaired) electrons. The minimum absolute atomic E-state index is 0.0281. The van der Waals surface area contributed by atoms with Crippen molar-refractivity contribution in [2.24, 2.45) is 18.9 Å². The first kappa shape index (κ1) is 27.0. The van der Waals surface area contributed by atoms with Crippen LogP contribution in [0.1, 0.15) is 26.0 Å². The van der Waals surface area contributed by atoms with Crippen LogP contribution in [0.15, 0.2) is 48.4 Å². The van der Waals surface area contributed by atoms with E-state index in [1.807, 2.05) is 18.5 Å². The Morgan fingerprint density at radius 2 is 2.00 bits per heavy atom. The van der Waals surface area contributed by atoms with Crippen molar-refractivity contribution in [2.75, 3.05) is 19.8 Å². The van der Waals surface area contributed by atoms with Crippen LogP contribution in [0.25, 0.3) is 0 Å². The van der Waals surface area contributed by atoms with Crippen LogP contribution < -0.4 is 0 Å². The second-order valence-electron chi connectivity index (χ2n) is 9.70. The Kier molecular flexibility index (Phi) is 8.13. The van der Waals surface area contributed by atoms with Gasteiger partial charge in [0.05, 0.1) is 24.4 Å². The van der Waals surface area contributed by atoms with E-state index in [0.717, 1.165) is 10.6 Å². The van der Waals surface area contributed by atoms with Crippen LogP contribution in [-0.4, -0.2) is 85.6 Å². The van der Waals surface area contributed by atoms with Gasteiger partial charge in [0.1, 0.15) is 18.9 Å². The van der Waals surface area contributed by atoms with Crippen LogP contribution in [0, 0.1) is 11.8 Å². The van der Waals surface area contributed by atoms with Crippen LogP contribution in [0.5, 0.6) is 0 Å². The molecule has 10 nitrogen and oxygen atoms in total. The number of hydrogen-bond donors (Lipinski definition) is 1. The summed E-state index contributed by atoms with van der Waals surface area (Å²) in [6, 6.07) is -0.427. The van der Waals surface area contributed by atoms with Crippen molar-refractivity contribution >= 4 is 29.7 Å². The fourth-order valence-electron chi connectivity index (χ4n) is 5.46. The molecular weight excluding hydrogens is 496 g/mol. The zero-order chi connectivity index (χ0) is 26.9. The van der Waals surface area contributed by atoms with Gasteiger partial charge >= 0.3 is 12.1 Å². The number of nitrogens with zero attached hydrogens (tertiary/aromatic N) is 4. The van der Waals surface area contributed by atoms with E-state index in [1.165, 1.54) is 28.8 Å². The van der Waals surface area contributed by atoms with E-state index in [9.17, 15) is 19.5 Å². The van der Waals surface area contributed by atoms with Gasteiger partial charge in [-0.05, 0) is 13.3 Å². The highest BCUT2D eigenvalue weighted by Gasteiger charge is 2.60. The number of esters is 1. The van der Waals surface area contributed by atoms with Crippen LogP contribution >= 0.6 is 11.8 Å². The Hall–Kier alpha value is -3.05. The fraction of sp³-hybridized carbons (Fsp3) is 0.538. The Morgan fingerprint density at radius 1 is 1.30 bits per heavy atom. The normalized spacial score (nSPS) is 27.6. The lowest BCUT2D eigenvalue weighted by Gasteiger charge is -2.46. The number of amides is 2. The number of aromatic nitrogens is 2. The topological polar surface area (TPSA) is 114 Å². The molecule has 0 saturated carbocycles. The summed E-state index contributed by atoms with van der Waals surface area (Å²) < 4.78 is 12.6. The largest absolute Gasteiger partial charge is 0.457 e. The van der Waals surface area contributed by atoms with E-state index in [2.05, 4.69) is 18.1 Å². The quantitative estimate of drug-likeness (QED) is 0.278. The highest BCUT2D eigenvalue weighted by Crippen LogP contribution is 2.52. The van der Waals surface area contributed by atoms with Crippen LogP contribution in [-0.2, 0) is 32.5 Å². The third-order valence-electron chi connectivity index (χ3n) is 7.22. The number of aliphatic hydroxyl groups excluding tert-OH is 1. The van der Waals surface area contributed by atoms with Crippen LogP contribution in [0.4, 0.5) is 4.79 Å². The number of fused-ring (bicyclic) bond motifs is 1. The molecule has 6 atom stereocenters. The number of hydrogen-bond acceptors (Lipinski definition) is 8. The van der Waals surface area contributed by atoms with Gasteiger partial charge in [-0.3, -0.25) is 4.79 Å². The molecule has 4 heterocycles. The number of rotatable bonds is 10. The maximum Gasteiger partial charge on any atom is 0.410 e. The van der Waals surface area contributed by atoms with Gasteiger partial charge in [0.2, 0.25) is 5.91 Å². The van der Waals surface area contributed by atoms with E-state index in [0.29, 0.717) is 19.4 Å². The number of aryl methyl sites for hydroxylation is 1. The molecule has 1 N–H and O–H groups in total. The zero-order valence-corrected chi connectivity index (χ0v) is 22.2. The zero-order valence-electron chi connectivity index (χ0n) is 21.4. The molecular formula is C26H34N4O6S. The number of β-lactam (4-membered cyclic amide) rings is 1. The van der Waals surface area contributed by atoms with Gasteiger partial charge in [0.25, 0.3) is 0 Å². The van der Waals surface area contributed by atoms with Crippen molar-refractivity contribution < 1.29 is 29.0 Å². The fourth-order valence-corrected chi connectivity index (χ4v) is 7.02. The molecule has 1 aromatic rings. The minimum Gasteiger partial charge on any atom is -0.457 e. The third kappa shape index (κ3) is 5.06. The summed E-state index contributed by atoms with van der Waals surface area (Å²) in [6.07, 6.45) is 6.56. The average Bonchev–Trinajstić information content (AvgIpc) is 3.52. The molecule has 0 bridgehead atoms. The van der Waals surface area contributed by atoms with Gasteiger partial charge in [0, 0.05) is 54.0 Å². The monoisotopic (exact) mass is 530 g/mol. The molecule has 0 aliphatic carbocycles. The molecule has 0 unspecified atom stereocenters. The van der Waals surface area contributed by atoms with E-state index in [-0.39, 0.29) is 48.1 Å². The number of likely N-dealkylation sites (tertiary alicyclic amines) is 1. The lowest BCUT2D eigenvalue weighted by molar-refractivity contribution is -0.164. The van der Waals surface area contributed by atoms with E-state index >= 15 is 0 Å². The summed E-state index contributed by atoms with van der Waals surface area (Å²) in [7, 11) is 1.91. The lowest BCUT2D eigenvalue weighted by atomic mass is 9.79. The van der Waals surface area contributed by atoms with Crippen LogP contribution in [0.2, 0.25) is 0 Å². The van der Waals surface area contributed by atoms with E-state index in [1.54, 1.807) is 24.3 Å². The Bertz CT molecular complexity index is 1110. The summed E-state index contributed by atoms with van der Waals surface area (Å²) in [5.41, 5.74) is 1.23. The highest BCUT2D eigenvalue weighted by atomic mass is 32.2. The first-order chi connectivity index (χ1) is 17.7. The maximum atomic E-state index is 13.0. The minimum atomic E-state index is -0.823. The van der Waals surface area contributed by atoms with E-state index in [4.69, 9.17) is 9.47 Å². The predicted molar refractivity (Wildman–Crippen MR) is 138 cm³/mol. The van der Waals surface area contributed by atoms with Gasteiger partial charge in [-0.2, -0.15) is 0 Å². The molecule has 3 aliphatic rings. The van der Waals surface area contributed by atoms with Crippen molar-refractivity contribution in [2.45, 2.75) is 50.1 Å². The number of carbonyl (C=O) groups is 3. The summed E-state index contributed by atoms with van der Waals surface area (Å²) in [6.45, 7) is 11.3. The molecule has 2 fully saturated rings.